The van der Waals surface area contributed by atoms with E-state index in [-0.39, 0.29) is 56.1 Å². The third-order valence-corrected chi connectivity index (χ3v) is 5.63. The average molecular weight is 563 g/mol. The van der Waals surface area contributed by atoms with E-state index in [1.165, 1.54) is 18.2 Å². The van der Waals surface area contributed by atoms with Crippen molar-refractivity contribution in [2.45, 2.75) is 45.3 Å². The van der Waals surface area contributed by atoms with Gasteiger partial charge in [-0.15, -0.1) is 0 Å². The summed E-state index contributed by atoms with van der Waals surface area (Å²) in [6, 6.07) is 3.32. The molecule has 1 atom stereocenters. The van der Waals surface area contributed by atoms with Crippen LogP contribution in [-0.2, 0) is 33.3 Å². The molecule has 14 nitrogen and oxygen atoms in total. The molecule has 0 bridgehead atoms. The number of hydrogen-bond donors (Lipinski definition) is 3. The van der Waals surface area contributed by atoms with Crippen molar-refractivity contribution in [3.8, 4) is 0 Å². The van der Waals surface area contributed by atoms with Crippen LogP contribution in [-0.4, -0.2) is 98.4 Å². The van der Waals surface area contributed by atoms with Gasteiger partial charge in [-0.1, -0.05) is 6.07 Å². The van der Waals surface area contributed by atoms with Gasteiger partial charge >= 0.3 is 6.09 Å². The number of benzene rings is 1. The van der Waals surface area contributed by atoms with Crippen LogP contribution in [0.4, 0.5) is 10.5 Å². The van der Waals surface area contributed by atoms with Crippen molar-refractivity contribution in [1.82, 2.24) is 15.5 Å². The van der Waals surface area contributed by atoms with Crippen molar-refractivity contribution in [2.24, 2.45) is 0 Å². The van der Waals surface area contributed by atoms with Crippen LogP contribution >= 0.6 is 0 Å². The van der Waals surface area contributed by atoms with Crippen LogP contribution in [0.2, 0.25) is 0 Å². The van der Waals surface area contributed by atoms with Crippen molar-refractivity contribution >= 4 is 41.3 Å². The van der Waals surface area contributed by atoms with Crippen molar-refractivity contribution in [1.29, 1.82) is 0 Å². The number of carbonyl (C=O) groups excluding carboxylic acids is 6. The standard InChI is InChI=1S/C26H34N4O10/c1-26(2,3)40-25(36)27-9-10-37-11-12-38-13-14-39-15-20(32)28-17-6-4-5-16-21(17)24(35)30(23(16)34)18-7-8-19(31)29-22(18)33/h4-6,18H,7-15H2,1-3H3,(H,27,36)(H,28,32)(H,29,31,33). The van der Waals surface area contributed by atoms with E-state index in [9.17, 15) is 28.8 Å². The maximum Gasteiger partial charge on any atom is 0.407 e. The second-order valence-electron chi connectivity index (χ2n) is 9.93. The molecule has 2 aliphatic heterocycles. The fourth-order valence-electron chi connectivity index (χ4n) is 3.95. The van der Waals surface area contributed by atoms with Gasteiger partial charge in [0.25, 0.3) is 11.8 Å². The Hall–Kier alpha value is -3.88. The predicted molar refractivity (Wildman–Crippen MR) is 138 cm³/mol. The molecule has 0 radical (unpaired) electrons. The molecule has 3 N–H and O–H groups in total. The first-order chi connectivity index (χ1) is 19.0. The van der Waals surface area contributed by atoms with Crippen LogP contribution in [0, 0.1) is 0 Å². The van der Waals surface area contributed by atoms with Crippen LogP contribution in [0.5, 0.6) is 0 Å². The highest BCUT2D eigenvalue weighted by molar-refractivity contribution is 6.26. The first kappa shape index (κ1) is 30.7. The smallest absolute Gasteiger partial charge is 0.407 e. The number of nitrogens with zero attached hydrogens (tertiary/aromatic N) is 1. The molecule has 14 heteroatoms. The van der Waals surface area contributed by atoms with Crippen LogP contribution < -0.4 is 16.0 Å². The van der Waals surface area contributed by atoms with Gasteiger partial charge in [0, 0.05) is 13.0 Å². The minimum atomic E-state index is -1.10. The van der Waals surface area contributed by atoms with Crippen LogP contribution in [0.15, 0.2) is 18.2 Å². The largest absolute Gasteiger partial charge is 0.444 e. The Morgan fingerprint density at radius 3 is 2.33 bits per heavy atom. The number of rotatable bonds is 13. The lowest BCUT2D eigenvalue weighted by atomic mass is 10.0. The SMILES string of the molecule is CC(C)(C)OC(=O)NCCOCCOCCOCC(=O)Nc1cccc2c1C(=O)N(C1CCC(=O)NC1=O)C2=O. The lowest BCUT2D eigenvalue weighted by Crippen LogP contribution is -2.54. The predicted octanol–water partition coefficient (Wildman–Crippen LogP) is 0.601. The number of alkyl carbamates (subject to hydrolysis) is 1. The Kier molecular flexibility index (Phi) is 10.7. The molecule has 0 saturated carbocycles. The van der Waals surface area contributed by atoms with E-state index in [0.29, 0.717) is 19.8 Å². The summed E-state index contributed by atoms with van der Waals surface area (Å²) in [5.41, 5.74) is -0.405. The maximum absolute atomic E-state index is 13.1. The van der Waals surface area contributed by atoms with Gasteiger partial charge in [-0.25, -0.2) is 4.79 Å². The number of anilines is 1. The fraction of sp³-hybridized carbons (Fsp3) is 0.538. The number of fused-ring (bicyclic) bond motifs is 1. The summed E-state index contributed by atoms with van der Waals surface area (Å²) >= 11 is 0. The molecule has 0 spiro atoms. The van der Waals surface area contributed by atoms with Gasteiger partial charge in [-0.2, -0.15) is 0 Å². The zero-order valence-electron chi connectivity index (χ0n) is 22.7. The number of amides is 6. The molecule has 1 unspecified atom stereocenters. The quantitative estimate of drug-likeness (QED) is 0.228. The minimum Gasteiger partial charge on any atom is -0.444 e. The fourth-order valence-corrected chi connectivity index (χ4v) is 3.95. The summed E-state index contributed by atoms with van der Waals surface area (Å²) in [5, 5.41) is 7.28. The second kappa shape index (κ2) is 14.0. The van der Waals surface area contributed by atoms with E-state index in [1.54, 1.807) is 20.8 Å². The van der Waals surface area contributed by atoms with E-state index < -0.39 is 47.3 Å². The number of ether oxygens (including phenoxy) is 4. The molecule has 2 aliphatic rings. The van der Waals surface area contributed by atoms with Gasteiger partial charge in [-0.05, 0) is 39.3 Å². The Labute approximate surface area is 231 Å². The van der Waals surface area contributed by atoms with Crippen molar-refractivity contribution in [3.63, 3.8) is 0 Å². The Morgan fingerprint density at radius 2 is 1.65 bits per heavy atom. The Morgan fingerprint density at radius 1 is 0.975 bits per heavy atom. The third-order valence-electron chi connectivity index (χ3n) is 5.63. The minimum absolute atomic E-state index is 0.00874. The summed E-state index contributed by atoms with van der Waals surface area (Å²) in [7, 11) is 0. The van der Waals surface area contributed by atoms with Crippen LogP contribution in [0.3, 0.4) is 0 Å². The third kappa shape index (κ3) is 8.56. The Balaban J connectivity index is 1.33. The van der Waals surface area contributed by atoms with Gasteiger partial charge in [0.2, 0.25) is 17.7 Å². The highest BCUT2D eigenvalue weighted by Gasteiger charge is 2.45. The second-order valence-corrected chi connectivity index (χ2v) is 9.93. The van der Waals surface area contributed by atoms with Crippen molar-refractivity contribution < 1.29 is 47.7 Å². The topological polar surface area (TPSA) is 179 Å². The van der Waals surface area contributed by atoms with Gasteiger partial charge in [-0.3, -0.25) is 34.2 Å². The normalized spacial score (nSPS) is 17.0. The first-order valence-corrected chi connectivity index (χ1v) is 12.8. The molecule has 3 rings (SSSR count). The van der Waals surface area contributed by atoms with Crippen LogP contribution in [0.25, 0.3) is 0 Å². The lowest BCUT2D eigenvalue weighted by Gasteiger charge is -2.27. The number of imide groups is 2. The lowest BCUT2D eigenvalue weighted by molar-refractivity contribution is -0.136. The van der Waals surface area contributed by atoms with Crippen molar-refractivity contribution in [3.05, 3.63) is 29.3 Å². The van der Waals surface area contributed by atoms with E-state index >= 15 is 0 Å². The molecule has 2 heterocycles. The first-order valence-electron chi connectivity index (χ1n) is 12.8. The monoisotopic (exact) mass is 562 g/mol. The van der Waals surface area contributed by atoms with Gasteiger partial charge in [0.1, 0.15) is 18.2 Å². The van der Waals surface area contributed by atoms with E-state index in [4.69, 9.17) is 18.9 Å². The van der Waals surface area contributed by atoms with Gasteiger partial charge in [0.15, 0.2) is 0 Å². The molecule has 1 aromatic carbocycles. The number of carbonyl (C=O) groups is 6. The summed E-state index contributed by atoms with van der Waals surface area (Å²) in [4.78, 5) is 74.3. The average Bonchev–Trinajstić information content (AvgIpc) is 3.12. The molecule has 218 valence electrons. The molecule has 0 aromatic heterocycles. The zero-order chi connectivity index (χ0) is 29.3. The highest BCUT2D eigenvalue weighted by atomic mass is 16.6. The molecule has 40 heavy (non-hydrogen) atoms. The Bertz CT molecular complexity index is 1150. The van der Waals surface area contributed by atoms with E-state index in [0.717, 1.165) is 4.90 Å². The van der Waals surface area contributed by atoms with E-state index in [2.05, 4.69) is 16.0 Å². The summed E-state index contributed by atoms with van der Waals surface area (Å²) in [6.07, 6.45) is -0.473. The van der Waals surface area contributed by atoms with Gasteiger partial charge < -0.3 is 29.6 Å². The summed E-state index contributed by atoms with van der Waals surface area (Å²) < 4.78 is 21.1. The molecular weight excluding hydrogens is 528 g/mol. The van der Waals surface area contributed by atoms with E-state index in [1.807, 2.05) is 0 Å². The molecule has 1 fully saturated rings. The summed E-state index contributed by atoms with van der Waals surface area (Å²) in [6.45, 7) is 6.52. The van der Waals surface area contributed by atoms with Crippen LogP contribution in [0.1, 0.15) is 54.3 Å². The zero-order valence-corrected chi connectivity index (χ0v) is 22.7. The maximum atomic E-state index is 13.1. The van der Waals surface area contributed by atoms with Crippen molar-refractivity contribution in [2.75, 3.05) is 51.5 Å². The van der Waals surface area contributed by atoms with Gasteiger partial charge in [0.05, 0.1) is 49.8 Å². The molecular formula is C26H34N4O10. The molecule has 1 saturated heterocycles. The highest BCUT2D eigenvalue weighted by Crippen LogP contribution is 2.32. The molecule has 6 amide bonds. The summed E-state index contributed by atoms with van der Waals surface area (Å²) in [5.74, 6) is -3.11. The molecule has 0 aliphatic carbocycles. The number of nitrogens with one attached hydrogen (secondary N) is 3. The number of piperidine rings is 1. The molecule has 1 aromatic rings. The number of hydrogen-bond acceptors (Lipinski definition) is 10.